The van der Waals surface area contributed by atoms with Crippen molar-refractivity contribution >= 4 is 0 Å². The third-order valence-corrected chi connectivity index (χ3v) is 4.20. The highest BCUT2D eigenvalue weighted by Gasteiger charge is 2.23. The van der Waals surface area contributed by atoms with E-state index in [0.717, 1.165) is 50.1 Å². The van der Waals surface area contributed by atoms with Gasteiger partial charge in [-0.15, -0.1) is 0 Å². The highest BCUT2D eigenvalue weighted by molar-refractivity contribution is 5.06. The van der Waals surface area contributed by atoms with E-state index in [0.29, 0.717) is 5.92 Å². The topological polar surface area (TPSA) is 56.3 Å². The van der Waals surface area contributed by atoms with Gasteiger partial charge in [-0.2, -0.15) is 5.10 Å². The summed E-state index contributed by atoms with van der Waals surface area (Å²) in [5.74, 6) is 2.12. The van der Waals surface area contributed by atoms with Crippen LogP contribution in [0.1, 0.15) is 42.8 Å². The number of morpholine rings is 1. The van der Waals surface area contributed by atoms with E-state index < -0.39 is 0 Å². The van der Waals surface area contributed by atoms with E-state index in [9.17, 15) is 0 Å². The van der Waals surface area contributed by atoms with Crippen LogP contribution in [0.25, 0.3) is 0 Å². The zero-order valence-corrected chi connectivity index (χ0v) is 14.5. The molecular formula is C17H26N4O2. The number of hydrogen-bond acceptors (Lipinski definition) is 5. The molecule has 0 aliphatic carbocycles. The lowest BCUT2D eigenvalue weighted by atomic mass is 10.2. The summed E-state index contributed by atoms with van der Waals surface area (Å²) in [4.78, 5) is 6.73. The molecule has 3 heterocycles. The lowest BCUT2D eigenvalue weighted by Gasteiger charge is -2.32. The first-order chi connectivity index (χ1) is 11.0. The van der Waals surface area contributed by atoms with Crippen molar-refractivity contribution in [1.82, 2.24) is 19.7 Å². The Balaban J connectivity index is 1.58. The molecule has 1 aliphatic rings. The van der Waals surface area contributed by atoms with Crippen molar-refractivity contribution in [2.75, 3.05) is 19.7 Å². The number of hydrogen-bond donors (Lipinski definition) is 0. The predicted octanol–water partition coefficient (Wildman–Crippen LogP) is 2.51. The standard InChI is InChI=1S/C17H26N4O2/c1-12(2)16-8-18-17(23-16)11-20-5-6-22-15(9-20)10-21-14(4)7-13(3)19-21/h7-8,12,15H,5-6,9-11H2,1-4H3. The Hall–Kier alpha value is -1.66. The van der Waals surface area contributed by atoms with Gasteiger partial charge < -0.3 is 9.15 Å². The first-order valence-corrected chi connectivity index (χ1v) is 8.31. The van der Waals surface area contributed by atoms with Crippen LogP contribution in [-0.2, 0) is 17.8 Å². The van der Waals surface area contributed by atoms with Gasteiger partial charge in [0.05, 0.1) is 37.7 Å². The number of oxazole rings is 1. The van der Waals surface area contributed by atoms with Crippen molar-refractivity contribution < 1.29 is 9.15 Å². The minimum absolute atomic E-state index is 0.154. The van der Waals surface area contributed by atoms with Gasteiger partial charge in [-0.05, 0) is 19.9 Å². The van der Waals surface area contributed by atoms with Gasteiger partial charge >= 0.3 is 0 Å². The van der Waals surface area contributed by atoms with E-state index in [1.807, 2.05) is 17.8 Å². The third kappa shape index (κ3) is 4.00. The monoisotopic (exact) mass is 318 g/mol. The molecule has 6 heteroatoms. The van der Waals surface area contributed by atoms with Crippen LogP contribution in [-0.4, -0.2) is 45.5 Å². The van der Waals surface area contributed by atoms with Crippen molar-refractivity contribution in [3.8, 4) is 0 Å². The van der Waals surface area contributed by atoms with E-state index in [4.69, 9.17) is 9.15 Å². The van der Waals surface area contributed by atoms with Crippen LogP contribution < -0.4 is 0 Å². The van der Waals surface area contributed by atoms with Crippen molar-refractivity contribution in [2.45, 2.75) is 52.8 Å². The fourth-order valence-electron chi connectivity index (χ4n) is 2.94. The molecule has 1 aliphatic heterocycles. The van der Waals surface area contributed by atoms with Gasteiger partial charge in [0, 0.05) is 24.7 Å². The minimum atomic E-state index is 0.154. The number of aromatic nitrogens is 3. The summed E-state index contributed by atoms with van der Waals surface area (Å²) in [6.07, 6.45) is 2.00. The third-order valence-electron chi connectivity index (χ3n) is 4.20. The predicted molar refractivity (Wildman–Crippen MR) is 87.3 cm³/mol. The zero-order valence-electron chi connectivity index (χ0n) is 14.5. The van der Waals surface area contributed by atoms with Gasteiger partial charge in [0.1, 0.15) is 5.76 Å². The lowest BCUT2D eigenvalue weighted by Crippen LogP contribution is -2.44. The highest BCUT2D eigenvalue weighted by Crippen LogP contribution is 2.17. The normalized spacial score (nSPS) is 19.6. The largest absolute Gasteiger partial charge is 0.444 e. The fourth-order valence-corrected chi connectivity index (χ4v) is 2.94. The van der Waals surface area contributed by atoms with Gasteiger partial charge in [-0.1, -0.05) is 13.8 Å². The van der Waals surface area contributed by atoms with Crippen LogP contribution in [0, 0.1) is 13.8 Å². The lowest BCUT2D eigenvalue weighted by molar-refractivity contribution is -0.0426. The van der Waals surface area contributed by atoms with Crippen LogP contribution in [0.4, 0.5) is 0 Å². The molecule has 1 atom stereocenters. The zero-order chi connectivity index (χ0) is 16.4. The molecular weight excluding hydrogens is 292 g/mol. The number of nitrogens with zero attached hydrogens (tertiary/aromatic N) is 4. The molecule has 1 unspecified atom stereocenters. The quantitative estimate of drug-likeness (QED) is 0.848. The molecule has 0 amide bonds. The molecule has 1 fully saturated rings. The molecule has 0 bridgehead atoms. The molecule has 0 N–H and O–H groups in total. The van der Waals surface area contributed by atoms with E-state index in [-0.39, 0.29) is 6.10 Å². The fraction of sp³-hybridized carbons (Fsp3) is 0.647. The van der Waals surface area contributed by atoms with Crippen LogP contribution in [0.2, 0.25) is 0 Å². The van der Waals surface area contributed by atoms with E-state index in [2.05, 4.69) is 41.8 Å². The average Bonchev–Trinajstić information content (AvgIpc) is 3.07. The van der Waals surface area contributed by atoms with E-state index >= 15 is 0 Å². The minimum Gasteiger partial charge on any atom is -0.444 e. The molecule has 0 spiro atoms. The number of ether oxygens (including phenoxy) is 1. The molecule has 0 saturated carbocycles. The van der Waals surface area contributed by atoms with E-state index in [1.165, 1.54) is 5.69 Å². The Kier molecular flexibility index (Phi) is 4.82. The average molecular weight is 318 g/mol. The second-order valence-corrected chi connectivity index (χ2v) is 6.65. The molecule has 126 valence electrons. The summed E-state index contributed by atoms with van der Waals surface area (Å²) in [6.45, 7) is 12.4. The van der Waals surface area contributed by atoms with Crippen molar-refractivity contribution in [3.05, 3.63) is 35.3 Å². The first kappa shape index (κ1) is 16.2. The van der Waals surface area contributed by atoms with Crippen molar-refractivity contribution in [1.29, 1.82) is 0 Å². The summed E-state index contributed by atoms with van der Waals surface area (Å²) >= 11 is 0. The van der Waals surface area contributed by atoms with Crippen LogP contribution in [0.3, 0.4) is 0 Å². The maximum absolute atomic E-state index is 5.90. The number of rotatable bonds is 5. The van der Waals surface area contributed by atoms with E-state index in [1.54, 1.807) is 0 Å². The first-order valence-electron chi connectivity index (χ1n) is 8.31. The van der Waals surface area contributed by atoms with Gasteiger partial charge in [0.2, 0.25) is 5.89 Å². The van der Waals surface area contributed by atoms with Gasteiger partial charge in [0.25, 0.3) is 0 Å². The second kappa shape index (κ2) is 6.84. The summed E-state index contributed by atoms with van der Waals surface area (Å²) in [5.41, 5.74) is 2.23. The SMILES string of the molecule is Cc1cc(C)n(CC2CN(Cc3ncc(C(C)C)o3)CCO2)n1. The molecule has 2 aromatic rings. The maximum Gasteiger partial charge on any atom is 0.208 e. The highest BCUT2D eigenvalue weighted by atomic mass is 16.5. The Morgan fingerprint density at radius 2 is 2.17 bits per heavy atom. The molecule has 2 aromatic heterocycles. The molecule has 6 nitrogen and oxygen atoms in total. The molecule has 0 aromatic carbocycles. The van der Waals surface area contributed by atoms with Crippen LogP contribution >= 0.6 is 0 Å². The molecule has 3 rings (SSSR count). The number of aryl methyl sites for hydroxylation is 2. The van der Waals surface area contributed by atoms with Gasteiger partial charge in [0.15, 0.2) is 0 Å². The van der Waals surface area contributed by atoms with Crippen LogP contribution in [0.5, 0.6) is 0 Å². The summed E-state index contributed by atoms with van der Waals surface area (Å²) < 4.78 is 13.7. The second-order valence-electron chi connectivity index (χ2n) is 6.65. The van der Waals surface area contributed by atoms with Gasteiger partial charge in [-0.25, -0.2) is 4.98 Å². The smallest absolute Gasteiger partial charge is 0.208 e. The Bertz CT molecular complexity index is 647. The molecule has 23 heavy (non-hydrogen) atoms. The summed E-state index contributed by atoms with van der Waals surface area (Å²) in [5, 5.41) is 4.52. The Morgan fingerprint density at radius 3 is 2.83 bits per heavy atom. The van der Waals surface area contributed by atoms with Crippen LogP contribution in [0.15, 0.2) is 16.7 Å². The molecule has 1 saturated heterocycles. The maximum atomic E-state index is 5.90. The van der Waals surface area contributed by atoms with Gasteiger partial charge in [-0.3, -0.25) is 9.58 Å². The Labute approximate surface area is 137 Å². The molecule has 0 radical (unpaired) electrons. The van der Waals surface area contributed by atoms with Crippen molar-refractivity contribution in [3.63, 3.8) is 0 Å². The summed E-state index contributed by atoms with van der Waals surface area (Å²) in [7, 11) is 0. The van der Waals surface area contributed by atoms with Crippen molar-refractivity contribution in [2.24, 2.45) is 0 Å². The summed E-state index contributed by atoms with van der Waals surface area (Å²) in [6, 6.07) is 2.10. The Morgan fingerprint density at radius 1 is 1.35 bits per heavy atom.